The number of anilines is 3. The minimum atomic E-state index is 0.854. The van der Waals surface area contributed by atoms with E-state index in [-0.39, 0.29) is 0 Å². The van der Waals surface area contributed by atoms with E-state index in [2.05, 4.69) is 216 Å². The van der Waals surface area contributed by atoms with Gasteiger partial charge in [0.1, 0.15) is 5.82 Å². The molecule has 11 rings (SSSR count). The van der Waals surface area contributed by atoms with Crippen molar-refractivity contribution in [2.75, 3.05) is 4.90 Å². The van der Waals surface area contributed by atoms with Gasteiger partial charge in [0.2, 0.25) is 0 Å². The number of benzene rings is 8. The SMILES string of the molecule is c1ccc(-c2ccc(N(c3ccc(-c4ccc5c(c4)sc4ccccc45)cc3)c3ccc(-c4ccc(-n5c6ccccc6c6ccccc65)cc4)cn3)cc2)cc1. The first kappa shape index (κ1) is 33.1. The van der Waals surface area contributed by atoms with E-state index < -0.39 is 0 Å². The summed E-state index contributed by atoms with van der Waals surface area (Å²) in [7, 11) is 0. The van der Waals surface area contributed by atoms with Crippen molar-refractivity contribution in [3.05, 3.63) is 212 Å². The van der Waals surface area contributed by atoms with Crippen LogP contribution in [0.25, 0.3) is 81.0 Å². The van der Waals surface area contributed by atoms with E-state index >= 15 is 0 Å². The van der Waals surface area contributed by atoms with E-state index in [9.17, 15) is 0 Å². The number of thiophene rings is 1. The van der Waals surface area contributed by atoms with Gasteiger partial charge in [0.05, 0.1) is 11.0 Å². The molecular weight excluding hydrogens is 711 g/mol. The fraction of sp³-hybridized carbons (Fsp3) is 0. The van der Waals surface area contributed by atoms with Gasteiger partial charge in [-0.15, -0.1) is 11.3 Å². The van der Waals surface area contributed by atoms with Crippen LogP contribution >= 0.6 is 11.3 Å². The Morgan fingerprint density at radius 1 is 0.368 bits per heavy atom. The third-order valence-corrected chi connectivity index (χ3v) is 12.2. The van der Waals surface area contributed by atoms with Crippen molar-refractivity contribution >= 4 is 70.5 Å². The van der Waals surface area contributed by atoms with E-state index in [4.69, 9.17) is 4.98 Å². The molecule has 0 fully saturated rings. The summed E-state index contributed by atoms with van der Waals surface area (Å²) in [4.78, 5) is 7.34. The van der Waals surface area contributed by atoms with E-state index in [1.165, 1.54) is 64.2 Å². The maximum atomic E-state index is 5.10. The monoisotopic (exact) mass is 745 g/mol. The van der Waals surface area contributed by atoms with Crippen LogP contribution in [0.4, 0.5) is 17.2 Å². The first-order valence-corrected chi connectivity index (χ1v) is 20.1. The molecule has 0 amide bonds. The Kier molecular flexibility index (Phi) is 8.01. The highest BCUT2D eigenvalue weighted by molar-refractivity contribution is 7.25. The van der Waals surface area contributed by atoms with Crippen molar-refractivity contribution in [3.63, 3.8) is 0 Å². The molecule has 3 heterocycles. The van der Waals surface area contributed by atoms with Gasteiger partial charge in [0.15, 0.2) is 0 Å². The molecule has 57 heavy (non-hydrogen) atoms. The van der Waals surface area contributed by atoms with Gasteiger partial charge in [-0.3, -0.25) is 4.90 Å². The van der Waals surface area contributed by atoms with E-state index in [0.29, 0.717) is 0 Å². The Morgan fingerprint density at radius 2 is 0.860 bits per heavy atom. The minimum absolute atomic E-state index is 0.854. The second kappa shape index (κ2) is 13.8. The lowest BCUT2D eigenvalue weighted by Crippen LogP contribution is -2.11. The zero-order valence-corrected chi connectivity index (χ0v) is 31.8. The van der Waals surface area contributed by atoms with E-state index in [1.54, 1.807) is 0 Å². The van der Waals surface area contributed by atoms with Crippen LogP contribution in [0.5, 0.6) is 0 Å². The van der Waals surface area contributed by atoms with Crippen LogP contribution in [0.3, 0.4) is 0 Å². The van der Waals surface area contributed by atoms with Gasteiger partial charge in [0, 0.05) is 59.8 Å². The summed E-state index contributed by atoms with van der Waals surface area (Å²) < 4.78 is 4.98. The number of hydrogen-bond donors (Lipinski definition) is 0. The van der Waals surface area contributed by atoms with E-state index in [1.807, 2.05) is 17.5 Å². The Balaban J connectivity index is 0.931. The Hall–Kier alpha value is -7.27. The molecule has 268 valence electrons. The third-order valence-electron chi connectivity index (χ3n) is 11.1. The van der Waals surface area contributed by atoms with Crippen molar-refractivity contribution < 1.29 is 0 Å². The van der Waals surface area contributed by atoms with Gasteiger partial charge in [-0.05, 0) is 101 Å². The first-order valence-electron chi connectivity index (χ1n) is 19.3. The second-order valence-corrected chi connectivity index (χ2v) is 15.5. The van der Waals surface area contributed by atoms with Gasteiger partial charge >= 0.3 is 0 Å². The Bertz CT molecular complexity index is 3140. The molecule has 0 aliphatic heterocycles. The van der Waals surface area contributed by atoms with Crippen molar-refractivity contribution in [2.45, 2.75) is 0 Å². The quantitative estimate of drug-likeness (QED) is 0.162. The van der Waals surface area contributed by atoms with Gasteiger partial charge in [-0.2, -0.15) is 0 Å². The van der Waals surface area contributed by atoms with Crippen molar-refractivity contribution in [1.82, 2.24) is 9.55 Å². The lowest BCUT2D eigenvalue weighted by Gasteiger charge is -2.25. The molecule has 0 aliphatic rings. The molecule has 0 bridgehead atoms. The summed E-state index contributed by atoms with van der Waals surface area (Å²) in [6, 6.07) is 74.0. The van der Waals surface area contributed by atoms with Gasteiger partial charge in [-0.1, -0.05) is 133 Å². The molecule has 0 unspecified atom stereocenters. The molecule has 3 nitrogen and oxygen atoms in total. The van der Waals surface area contributed by atoms with Gasteiger partial charge in [-0.25, -0.2) is 4.98 Å². The zero-order chi connectivity index (χ0) is 37.7. The second-order valence-electron chi connectivity index (χ2n) is 14.4. The molecule has 0 spiro atoms. The molecule has 0 saturated heterocycles. The molecular formula is C53H35N3S. The molecule has 0 radical (unpaired) electrons. The predicted octanol–water partition coefficient (Wildman–Crippen LogP) is 15.0. The fourth-order valence-electron chi connectivity index (χ4n) is 8.25. The summed E-state index contributed by atoms with van der Waals surface area (Å²) in [6.07, 6.45) is 1.99. The van der Waals surface area contributed by atoms with Crippen LogP contribution in [0, 0.1) is 0 Å². The summed E-state index contributed by atoms with van der Waals surface area (Å²) in [5, 5.41) is 5.16. The first-order chi connectivity index (χ1) is 28.2. The average Bonchev–Trinajstić information content (AvgIpc) is 3.83. The largest absolute Gasteiger partial charge is 0.309 e. The van der Waals surface area contributed by atoms with Crippen LogP contribution in [0.1, 0.15) is 0 Å². The number of fused-ring (bicyclic) bond motifs is 6. The topological polar surface area (TPSA) is 21.1 Å². The molecule has 0 saturated carbocycles. The van der Waals surface area contributed by atoms with Gasteiger partial charge < -0.3 is 4.57 Å². The molecule has 3 aromatic heterocycles. The highest BCUT2D eigenvalue weighted by Gasteiger charge is 2.16. The zero-order valence-electron chi connectivity index (χ0n) is 31.0. The number of aromatic nitrogens is 2. The number of pyridine rings is 1. The fourth-order valence-corrected chi connectivity index (χ4v) is 9.39. The van der Waals surface area contributed by atoms with Crippen molar-refractivity contribution in [3.8, 4) is 39.1 Å². The highest BCUT2D eigenvalue weighted by atomic mass is 32.1. The third kappa shape index (κ3) is 5.86. The van der Waals surface area contributed by atoms with E-state index in [0.717, 1.165) is 34.0 Å². The summed E-state index contributed by atoms with van der Waals surface area (Å²) in [5.74, 6) is 0.854. The standard InChI is InChI=1S/C53H35N3S/c1-2-10-36(11-3-1)37-18-26-42(27-19-37)55(43-28-20-38(21-29-43)40-24-32-48-47-14-6-9-17-51(47)57-52(48)34-40)53-33-25-41(35-54-53)39-22-30-44(31-23-39)56-49-15-7-4-12-45(49)46-13-5-8-16-50(46)56/h1-35H. The van der Waals surface area contributed by atoms with Crippen LogP contribution < -0.4 is 4.90 Å². The maximum absolute atomic E-state index is 5.10. The lowest BCUT2D eigenvalue weighted by atomic mass is 10.0. The molecule has 0 aliphatic carbocycles. The number of nitrogens with zero attached hydrogens (tertiary/aromatic N) is 3. The van der Waals surface area contributed by atoms with Crippen LogP contribution in [-0.4, -0.2) is 9.55 Å². The molecule has 0 N–H and O–H groups in total. The van der Waals surface area contributed by atoms with Crippen molar-refractivity contribution in [2.24, 2.45) is 0 Å². The van der Waals surface area contributed by atoms with Gasteiger partial charge in [0.25, 0.3) is 0 Å². The average molecular weight is 746 g/mol. The maximum Gasteiger partial charge on any atom is 0.137 e. The van der Waals surface area contributed by atoms with Crippen LogP contribution in [-0.2, 0) is 0 Å². The normalized spacial score (nSPS) is 11.5. The molecule has 0 atom stereocenters. The van der Waals surface area contributed by atoms with Crippen LogP contribution in [0.15, 0.2) is 212 Å². The molecule has 8 aromatic carbocycles. The summed E-state index contributed by atoms with van der Waals surface area (Å²) in [6.45, 7) is 0. The van der Waals surface area contributed by atoms with Crippen LogP contribution in [0.2, 0.25) is 0 Å². The number of hydrogen-bond acceptors (Lipinski definition) is 3. The Labute approximate surface area is 335 Å². The van der Waals surface area contributed by atoms with Crippen molar-refractivity contribution in [1.29, 1.82) is 0 Å². The Morgan fingerprint density at radius 3 is 1.51 bits per heavy atom. The highest BCUT2D eigenvalue weighted by Crippen LogP contribution is 2.39. The predicted molar refractivity (Wildman–Crippen MR) is 242 cm³/mol. The minimum Gasteiger partial charge on any atom is -0.309 e. The number of para-hydroxylation sites is 2. The molecule has 11 aromatic rings. The summed E-state index contributed by atoms with van der Waals surface area (Å²) >= 11 is 1.85. The lowest BCUT2D eigenvalue weighted by molar-refractivity contribution is 1.17. The smallest absolute Gasteiger partial charge is 0.137 e. The molecule has 4 heteroatoms. The summed E-state index contributed by atoms with van der Waals surface area (Å²) in [5.41, 5.74) is 12.6. The number of rotatable bonds is 7.